The van der Waals surface area contributed by atoms with Crippen LogP contribution < -0.4 is 5.32 Å². The summed E-state index contributed by atoms with van der Waals surface area (Å²) in [7, 11) is 0. The first kappa shape index (κ1) is 17.0. The molecule has 2 atom stereocenters. The van der Waals surface area contributed by atoms with E-state index in [1.807, 2.05) is 0 Å². The molecule has 0 fully saturated rings. The van der Waals surface area contributed by atoms with Crippen molar-refractivity contribution in [3.63, 3.8) is 0 Å². The van der Waals surface area contributed by atoms with Gasteiger partial charge in [-0.2, -0.15) is 0 Å². The average Bonchev–Trinajstić information content (AvgIpc) is 2.32. The van der Waals surface area contributed by atoms with Gasteiger partial charge in [-0.05, 0) is 43.7 Å². The second-order valence-corrected chi connectivity index (χ2v) is 5.86. The Morgan fingerprint density at radius 1 is 1.00 bits per heavy atom. The van der Waals surface area contributed by atoms with Gasteiger partial charge >= 0.3 is 0 Å². The predicted molar refractivity (Wildman–Crippen MR) is 79.4 cm³/mol. The second kappa shape index (κ2) is 11.1. The smallest absolute Gasteiger partial charge is 0.00180 e. The van der Waals surface area contributed by atoms with Crippen LogP contribution in [0.1, 0.15) is 73.1 Å². The van der Waals surface area contributed by atoms with E-state index in [2.05, 4.69) is 39.9 Å². The summed E-state index contributed by atoms with van der Waals surface area (Å²) in [5.41, 5.74) is 0. The number of rotatable bonds is 11. The van der Waals surface area contributed by atoms with Gasteiger partial charge in [0.25, 0.3) is 0 Å². The number of unbranched alkanes of at least 4 members (excludes halogenated alkanes) is 1. The summed E-state index contributed by atoms with van der Waals surface area (Å²) in [6.07, 6.45) is 8.21. The molecule has 0 saturated heterocycles. The van der Waals surface area contributed by atoms with Gasteiger partial charge in [-0.3, -0.25) is 0 Å². The summed E-state index contributed by atoms with van der Waals surface area (Å²) >= 11 is 0. The van der Waals surface area contributed by atoms with E-state index in [0.29, 0.717) is 0 Å². The highest BCUT2D eigenvalue weighted by Crippen LogP contribution is 2.25. The van der Waals surface area contributed by atoms with Crippen LogP contribution in [0.5, 0.6) is 0 Å². The Morgan fingerprint density at radius 2 is 1.71 bits per heavy atom. The van der Waals surface area contributed by atoms with E-state index in [9.17, 15) is 0 Å². The molecule has 1 N–H and O–H groups in total. The van der Waals surface area contributed by atoms with E-state index in [-0.39, 0.29) is 0 Å². The molecule has 0 saturated carbocycles. The third kappa shape index (κ3) is 8.65. The molecule has 0 spiro atoms. The fourth-order valence-corrected chi connectivity index (χ4v) is 2.47. The van der Waals surface area contributed by atoms with Crippen molar-refractivity contribution in [2.24, 2.45) is 17.8 Å². The second-order valence-electron chi connectivity index (χ2n) is 5.86. The quantitative estimate of drug-likeness (QED) is 0.509. The van der Waals surface area contributed by atoms with E-state index in [0.717, 1.165) is 17.8 Å². The average molecular weight is 241 g/mol. The van der Waals surface area contributed by atoms with Crippen molar-refractivity contribution in [1.82, 2.24) is 5.32 Å². The van der Waals surface area contributed by atoms with Crippen molar-refractivity contribution < 1.29 is 0 Å². The van der Waals surface area contributed by atoms with Crippen molar-refractivity contribution in [3.8, 4) is 0 Å². The van der Waals surface area contributed by atoms with Gasteiger partial charge in [-0.25, -0.2) is 0 Å². The minimum Gasteiger partial charge on any atom is -0.316 e. The standard InChI is InChI=1S/C16H35N/c1-6-9-10-15(8-3)12-16(14(4)5)13-17-11-7-2/h14-17H,6-13H2,1-5H3. The minimum atomic E-state index is 0.815. The lowest BCUT2D eigenvalue weighted by atomic mass is 9.83. The molecule has 0 aliphatic carbocycles. The van der Waals surface area contributed by atoms with Crippen molar-refractivity contribution in [2.45, 2.75) is 73.1 Å². The Balaban J connectivity index is 4.01. The molecule has 1 nitrogen and oxygen atoms in total. The topological polar surface area (TPSA) is 12.0 Å². The van der Waals surface area contributed by atoms with Crippen LogP contribution in [0.3, 0.4) is 0 Å². The first-order valence-corrected chi connectivity index (χ1v) is 7.86. The lowest BCUT2D eigenvalue weighted by Gasteiger charge is -2.26. The molecular weight excluding hydrogens is 206 g/mol. The molecule has 0 bridgehead atoms. The van der Waals surface area contributed by atoms with Crippen LogP contribution in [-0.4, -0.2) is 13.1 Å². The maximum Gasteiger partial charge on any atom is -0.00180 e. The highest BCUT2D eigenvalue weighted by Gasteiger charge is 2.17. The lowest BCUT2D eigenvalue weighted by molar-refractivity contribution is 0.269. The van der Waals surface area contributed by atoms with Crippen LogP contribution in [0.25, 0.3) is 0 Å². The predicted octanol–water partition coefficient (Wildman–Crippen LogP) is 4.86. The minimum absolute atomic E-state index is 0.815. The molecular formula is C16H35N. The molecule has 17 heavy (non-hydrogen) atoms. The maximum absolute atomic E-state index is 3.60. The van der Waals surface area contributed by atoms with E-state index < -0.39 is 0 Å². The third-order valence-corrected chi connectivity index (χ3v) is 3.96. The highest BCUT2D eigenvalue weighted by molar-refractivity contribution is 4.71. The van der Waals surface area contributed by atoms with E-state index in [4.69, 9.17) is 0 Å². The SMILES string of the molecule is CCCCC(CC)CC(CNCCC)C(C)C. The summed E-state index contributed by atoms with van der Waals surface area (Å²) in [4.78, 5) is 0. The van der Waals surface area contributed by atoms with Crippen molar-refractivity contribution in [1.29, 1.82) is 0 Å². The fourth-order valence-electron chi connectivity index (χ4n) is 2.47. The fraction of sp³-hybridized carbons (Fsp3) is 1.00. The van der Waals surface area contributed by atoms with Crippen molar-refractivity contribution >= 4 is 0 Å². The van der Waals surface area contributed by atoms with E-state index in [1.165, 1.54) is 51.6 Å². The van der Waals surface area contributed by atoms with Gasteiger partial charge in [-0.1, -0.05) is 60.3 Å². The molecule has 0 radical (unpaired) electrons. The molecule has 0 aromatic heterocycles. The summed E-state index contributed by atoms with van der Waals surface area (Å²) < 4.78 is 0. The summed E-state index contributed by atoms with van der Waals surface area (Å²) in [5, 5.41) is 3.60. The van der Waals surface area contributed by atoms with E-state index >= 15 is 0 Å². The molecule has 0 rings (SSSR count). The Hall–Kier alpha value is -0.0400. The van der Waals surface area contributed by atoms with Crippen molar-refractivity contribution in [3.05, 3.63) is 0 Å². The Morgan fingerprint density at radius 3 is 2.18 bits per heavy atom. The van der Waals surface area contributed by atoms with Crippen LogP contribution in [0.4, 0.5) is 0 Å². The van der Waals surface area contributed by atoms with Gasteiger partial charge in [0, 0.05) is 0 Å². The largest absolute Gasteiger partial charge is 0.316 e. The molecule has 0 heterocycles. The summed E-state index contributed by atoms with van der Waals surface area (Å²) in [6, 6.07) is 0. The summed E-state index contributed by atoms with van der Waals surface area (Å²) in [6.45, 7) is 14.1. The van der Waals surface area contributed by atoms with Gasteiger partial charge in [-0.15, -0.1) is 0 Å². The van der Waals surface area contributed by atoms with Crippen LogP contribution in [0.15, 0.2) is 0 Å². The van der Waals surface area contributed by atoms with Crippen LogP contribution in [0.2, 0.25) is 0 Å². The highest BCUT2D eigenvalue weighted by atomic mass is 14.9. The van der Waals surface area contributed by atoms with Gasteiger partial charge in [0.15, 0.2) is 0 Å². The number of hydrogen-bond acceptors (Lipinski definition) is 1. The zero-order valence-corrected chi connectivity index (χ0v) is 12.9. The molecule has 104 valence electrons. The van der Waals surface area contributed by atoms with Gasteiger partial charge in [0.1, 0.15) is 0 Å². The van der Waals surface area contributed by atoms with Gasteiger partial charge in [0.05, 0.1) is 0 Å². The number of nitrogens with one attached hydrogen (secondary N) is 1. The van der Waals surface area contributed by atoms with Gasteiger partial charge in [0.2, 0.25) is 0 Å². The molecule has 0 aliphatic heterocycles. The molecule has 2 unspecified atom stereocenters. The molecule has 0 aromatic rings. The zero-order valence-electron chi connectivity index (χ0n) is 12.9. The van der Waals surface area contributed by atoms with Crippen LogP contribution >= 0.6 is 0 Å². The van der Waals surface area contributed by atoms with Crippen LogP contribution in [-0.2, 0) is 0 Å². The first-order chi connectivity index (χ1) is 8.15. The number of hydrogen-bond donors (Lipinski definition) is 1. The summed E-state index contributed by atoms with van der Waals surface area (Å²) in [5.74, 6) is 2.63. The molecule has 0 aliphatic rings. The van der Waals surface area contributed by atoms with Gasteiger partial charge < -0.3 is 5.32 Å². The van der Waals surface area contributed by atoms with Crippen molar-refractivity contribution in [2.75, 3.05) is 13.1 Å². The lowest BCUT2D eigenvalue weighted by Crippen LogP contribution is -2.28. The third-order valence-electron chi connectivity index (χ3n) is 3.96. The monoisotopic (exact) mass is 241 g/mol. The molecule has 0 aromatic carbocycles. The normalized spacial score (nSPS) is 15.2. The molecule has 0 amide bonds. The van der Waals surface area contributed by atoms with E-state index in [1.54, 1.807) is 0 Å². The Kier molecular flexibility index (Phi) is 11.0. The molecule has 1 heteroatoms. The first-order valence-electron chi connectivity index (χ1n) is 7.86. The Labute approximate surface area is 110 Å². The van der Waals surface area contributed by atoms with Crippen LogP contribution in [0, 0.1) is 17.8 Å². The Bertz CT molecular complexity index is 154. The maximum atomic E-state index is 3.60. The zero-order chi connectivity index (χ0) is 13.1.